The lowest BCUT2D eigenvalue weighted by molar-refractivity contribution is -0.114. The molecule has 110 valence electrons. The highest BCUT2D eigenvalue weighted by atomic mass is 79.9. The minimum Gasteiger partial charge on any atom is -0.457 e. The van der Waals surface area contributed by atoms with Crippen LogP contribution in [-0.4, -0.2) is 9.98 Å². The molecule has 1 aliphatic rings. The van der Waals surface area contributed by atoms with Gasteiger partial charge in [-0.25, -0.2) is 0 Å². The quantitative estimate of drug-likeness (QED) is 0.490. The van der Waals surface area contributed by atoms with Crippen molar-refractivity contribution < 1.29 is 9.21 Å². The molecule has 5 heteroatoms. The van der Waals surface area contributed by atoms with Gasteiger partial charge in [-0.2, -0.15) is 0 Å². The predicted octanol–water partition coefficient (Wildman–Crippen LogP) is 5.64. The number of allylic oxidation sites excluding steroid dienone is 1. The van der Waals surface area contributed by atoms with Crippen LogP contribution in [0, 0.1) is 0 Å². The summed E-state index contributed by atoms with van der Waals surface area (Å²) in [6.45, 7) is 3.80. The molecule has 0 N–H and O–H groups in total. The Balaban J connectivity index is 1.88. The zero-order chi connectivity index (χ0) is 15.7. The number of Topliss-reactive ketones (excluding diaryl/α,β-unsaturated/α-hetero) is 1. The molecule has 1 aromatic heterocycles. The van der Waals surface area contributed by atoms with E-state index >= 15 is 0 Å². The molecule has 2 aromatic rings. The summed E-state index contributed by atoms with van der Waals surface area (Å²) in [7, 11) is 0. The van der Waals surface area contributed by atoms with Gasteiger partial charge in [-0.3, -0.25) is 4.79 Å². The fraction of sp³-hybridized carbons (Fsp3) is 0.0588. The van der Waals surface area contributed by atoms with Gasteiger partial charge in [0.15, 0.2) is 5.78 Å². The van der Waals surface area contributed by atoms with Crippen molar-refractivity contribution in [2.75, 3.05) is 0 Å². The maximum absolute atomic E-state index is 12.0. The normalized spacial score (nSPS) is 17.3. The topological polar surface area (TPSA) is 30.2 Å². The number of thiocarbonyl (C=S) groups is 1. The van der Waals surface area contributed by atoms with Crippen molar-refractivity contribution in [2.45, 2.75) is 6.42 Å². The summed E-state index contributed by atoms with van der Waals surface area (Å²) in [6.07, 6.45) is 2.03. The van der Waals surface area contributed by atoms with Crippen molar-refractivity contribution in [3.63, 3.8) is 0 Å². The van der Waals surface area contributed by atoms with E-state index in [2.05, 4.69) is 22.5 Å². The third kappa shape index (κ3) is 3.32. The highest BCUT2D eigenvalue weighted by molar-refractivity contribution is 9.10. The molecule has 2 heterocycles. The number of halogens is 1. The predicted molar refractivity (Wildman–Crippen MR) is 98.8 cm³/mol. The second kappa shape index (κ2) is 6.36. The summed E-state index contributed by atoms with van der Waals surface area (Å²) in [6, 6.07) is 11.6. The van der Waals surface area contributed by atoms with E-state index in [-0.39, 0.29) is 12.2 Å². The Bertz CT molecular complexity index is 818. The molecule has 3 rings (SSSR count). The summed E-state index contributed by atoms with van der Waals surface area (Å²) < 4.78 is 7.47. The average molecular weight is 391 g/mol. The van der Waals surface area contributed by atoms with E-state index in [1.165, 1.54) is 11.8 Å². The first kappa shape index (κ1) is 15.5. The molecule has 0 saturated carbocycles. The maximum Gasteiger partial charge on any atom is 0.174 e. The Morgan fingerprint density at radius 2 is 2.14 bits per heavy atom. The van der Waals surface area contributed by atoms with Gasteiger partial charge >= 0.3 is 0 Å². The van der Waals surface area contributed by atoms with Crippen LogP contribution in [0.3, 0.4) is 0 Å². The van der Waals surface area contributed by atoms with Crippen molar-refractivity contribution in [3.8, 4) is 11.3 Å². The van der Waals surface area contributed by atoms with Crippen LogP contribution in [0.2, 0.25) is 0 Å². The summed E-state index contributed by atoms with van der Waals surface area (Å²) in [4.78, 5) is 12.6. The molecular formula is C17H11BrO2S2. The largest absolute Gasteiger partial charge is 0.457 e. The van der Waals surface area contributed by atoms with E-state index in [0.717, 1.165) is 21.4 Å². The Morgan fingerprint density at radius 1 is 1.32 bits per heavy atom. The monoisotopic (exact) mass is 390 g/mol. The third-order valence-electron chi connectivity index (χ3n) is 3.15. The van der Waals surface area contributed by atoms with Crippen LogP contribution >= 0.6 is 39.9 Å². The second-order valence-corrected chi connectivity index (χ2v) is 7.45. The molecule has 1 aliphatic heterocycles. The van der Waals surface area contributed by atoms with Gasteiger partial charge in [0.25, 0.3) is 0 Å². The number of ketones is 1. The van der Waals surface area contributed by atoms with E-state index in [1.807, 2.05) is 36.4 Å². The third-order valence-corrected chi connectivity index (χ3v) is 5.22. The number of benzene rings is 1. The zero-order valence-electron chi connectivity index (χ0n) is 11.5. The van der Waals surface area contributed by atoms with Gasteiger partial charge in [-0.05, 0) is 35.9 Å². The molecular weight excluding hydrogens is 380 g/mol. The molecule has 22 heavy (non-hydrogen) atoms. The summed E-state index contributed by atoms with van der Waals surface area (Å²) in [5.74, 6) is 1.43. The van der Waals surface area contributed by atoms with Crippen molar-refractivity contribution in [3.05, 3.63) is 63.7 Å². The first-order valence-corrected chi connectivity index (χ1v) is 8.55. The first-order chi connectivity index (χ1) is 10.5. The van der Waals surface area contributed by atoms with E-state index in [0.29, 0.717) is 14.9 Å². The van der Waals surface area contributed by atoms with Crippen molar-refractivity contribution >= 4 is 56.0 Å². The van der Waals surface area contributed by atoms with Gasteiger partial charge in [0.1, 0.15) is 11.5 Å². The molecule has 1 aromatic carbocycles. The van der Waals surface area contributed by atoms with Gasteiger partial charge in [0.2, 0.25) is 0 Å². The Morgan fingerprint density at radius 3 is 2.91 bits per heavy atom. The van der Waals surface area contributed by atoms with Crippen LogP contribution in [0.15, 0.2) is 62.3 Å². The molecule has 0 radical (unpaired) electrons. The molecule has 1 fully saturated rings. The number of rotatable bonds is 2. The maximum atomic E-state index is 12.0. The van der Waals surface area contributed by atoms with Gasteiger partial charge in [0.05, 0.1) is 9.10 Å². The minimum atomic E-state index is 0.0315. The Labute approximate surface area is 146 Å². The van der Waals surface area contributed by atoms with Crippen LogP contribution in [-0.2, 0) is 4.79 Å². The van der Waals surface area contributed by atoms with Crippen molar-refractivity contribution in [1.82, 2.24) is 0 Å². The van der Waals surface area contributed by atoms with Crippen LogP contribution < -0.4 is 0 Å². The number of thioether (sulfide) groups is 1. The molecule has 0 atom stereocenters. The standard InChI is InChI=1S/C17H11BrO2S2/c1-10-7-14(19)16(22-17(10)21)9-13-5-6-15(20-13)11-3-2-4-12(18)8-11/h2-6,8-9H,1,7H2/b16-9-. The van der Waals surface area contributed by atoms with Crippen LogP contribution in [0.1, 0.15) is 12.2 Å². The first-order valence-electron chi connectivity index (χ1n) is 6.53. The number of carbonyl (C=O) groups excluding carboxylic acids is 1. The fourth-order valence-corrected chi connectivity index (χ4v) is 3.57. The van der Waals surface area contributed by atoms with Crippen LogP contribution in [0.4, 0.5) is 0 Å². The van der Waals surface area contributed by atoms with Crippen LogP contribution in [0.5, 0.6) is 0 Å². The highest BCUT2D eigenvalue weighted by Gasteiger charge is 2.23. The van der Waals surface area contributed by atoms with E-state index in [9.17, 15) is 4.79 Å². The Hall–Kier alpha value is -1.43. The molecule has 0 amide bonds. The molecule has 2 nitrogen and oxygen atoms in total. The summed E-state index contributed by atoms with van der Waals surface area (Å²) in [5, 5.41) is 0. The van der Waals surface area contributed by atoms with Gasteiger partial charge in [-0.1, -0.05) is 58.6 Å². The average Bonchev–Trinajstić information content (AvgIpc) is 2.93. The molecule has 0 bridgehead atoms. The summed E-state index contributed by atoms with van der Waals surface area (Å²) in [5.41, 5.74) is 1.70. The lowest BCUT2D eigenvalue weighted by atomic mass is 10.1. The zero-order valence-corrected chi connectivity index (χ0v) is 14.7. The SMILES string of the molecule is C=C1CC(=O)/C(=C/c2ccc(-c3cccc(Br)c3)o2)SC1=S. The number of carbonyl (C=O) groups is 1. The van der Waals surface area contributed by atoms with Crippen molar-refractivity contribution in [1.29, 1.82) is 0 Å². The number of hydrogen-bond acceptors (Lipinski definition) is 4. The number of hydrogen-bond donors (Lipinski definition) is 0. The van der Waals surface area contributed by atoms with E-state index in [1.54, 1.807) is 6.08 Å². The Kier molecular flexibility index (Phi) is 4.47. The van der Waals surface area contributed by atoms with Gasteiger partial charge in [0, 0.05) is 16.5 Å². The van der Waals surface area contributed by atoms with E-state index in [4.69, 9.17) is 16.6 Å². The highest BCUT2D eigenvalue weighted by Crippen LogP contribution is 2.34. The summed E-state index contributed by atoms with van der Waals surface area (Å²) >= 11 is 9.93. The molecule has 0 spiro atoms. The smallest absolute Gasteiger partial charge is 0.174 e. The lowest BCUT2D eigenvalue weighted by Crippen LogP contribution is -2.12. The lowest BCUT2D eigenvalue weighted by Gasteiger charge is -2.14. The molecule has 0 aliphatic carbocycles. The van der Waals surface area contributed by atoms with E-state index < -0.39 is 0 Å². The molecule has 1 saturated heterocycles. The van der Waals surface area contributed by atoms with Crippen molar-refractivity contribution in [2.24, 2.45) is 0 Å². The number of furan rings is 1. The minimum absolute atomic E-state index is 0.0315. The van der Waals surface area contributed by atoms with Gasteiger partial charge in [-0.15, -0.1) is 0 Å². The van der Waals surface area contributed by atoms with Crippen LogP contribution in [0.25, 0.3) is 17.4 Å². The fourth-order valence-electron chi connectivity index (χ4n) is 2.05. The molecule has 0 unspecified atom stereocenters. The second-order valence-electron chi connectivity index (χ2n) is 4.81. The van der Waals surface area contributed by atoms with Gasteiger partial charge < -0.3 is 4.42 Å².